The van der Waals surface area contributed by atoms with E-state index in [1.807, 2.05) is 17.9 Å². The van der Waals surface area contributed by atoms with Gasteiger partial charge in [0.1, 0.15) is 0 Å². The summed E-state index contributed by atoms with van der Waals surface area (Å²) >= 11 is 18.7. The van der Waals surface area contributed by atoms with Gasteiger partial charge in [0.15, 0.2) is 6.04 Å². The molecule has 1 unspecified atom stereocenters. The molecule has 0 saturated carbocycles. The second kappa shape index (κ2) is 8.40. The standard InChI is InChI=1S/C21H18Cl3N5O/c1-11-14(9-25)19(13-7-6-12(22)8-16(13)24)29-10-18(28-21(29)26-11)20(30)27-17-5-3-2-4-15(17)23/h2-8,18H,9-10,25H2,1H3,(H,27,30). The zero-order chi connectivity index (χ0) is 21.4. The van der Waals surface area contributed by atoms with Crippen molar-refractivity contribution in [3.63, 3.8) is 0 Å². The monoisotopic (exact) mass is 461 g/mol. The van der Waals surface area contributed by atoms with Crippen LogP contribution >= 0.6 is 34.8 Å². The summed E-state index contributed by atoms with van der Waals surface area (Å²) in [7, 11) is 0. The summed E-state index contributed by atoms with van der Waals surface area (Å²) in [5, 5.41) is 4.32. The van der Waals surface area contributed by atoms with Crippen LogP contribution in [-0.2, 0) is 4.79 Å². The molecular formula is C21H18Cl3N5O. The van der Waals surface area contributed by atoms with Crippen molar-refractivity contribution in [1.29, 1.82) is 0 Å². The molecule has 2 aliphatic heterocycles. The fraction of sp³-hybridized carbons (Fsp3) is 0.190. The first kappa shape index (κ1) is 20.9. The van der Waals surface area contributed by atoms with E-state index >= 15 is 0 Å². The van der Waals surface area contributed by atoms with Gasteiger partial charge in [-0.1, -0.05) is 46.9 Å². The van der Waals surface area contributed by atoms with E-state index in [1.165, 1.54) is 0 Å². The number of hydrogen-bond donors (Lipinski definition) is 2. The van der Waals surface area contributed by atoms with Gasteiger partial charge in [0.05, 0.1) is 28.0 Å². The Labute approximate surface area is 189 Å². The van der Waals surface area contributed by atoms with Gasteiger partial charge in [-0.15, -0.1) is 0 Å². The van der Waals surface area contributed by atoms with Gasteiger partial charge >= 0.3 is 0 Å². The molecule has 1 amide bonds. The number of guanidine groups is 1. The molecule has 1 atom stereocenters. The van der Waals surface area contributed by atoms with Gasteiger partial charge in [-0.2, -0.15) is 0 Å². The van der Waals surface area contributed by atoms with Crippen molar-refractivity contribution in [1.82, 2.24) is 4.90 Å². The van der Waals surface area contributed by atoms with E-state index in [9.17, 15) is 4.79 Å². The molecule has 2 heterocycles. The maximum Gasteiger partial charge on any atom is 0.251 e. The molecule has 2 aromatic rings. The number of benzene rings is 2. The molecular weight excluding hydrogens is 445 g/mol. The van der Waals surface area contributed by atoms with E-state index in [-0.39, 0.29) is 12.5 Å². The molecule has 0 fully saturated rings. The van der Waals surface area contributed by atoms with Crippen molar-refractivity contribution in [3.05, 3.63) is 68.7 Å². The van der Waals surface area contributed by atoms with Crippen molar-refractivity contribution in [2.75, 3.05) is 18.4 Å². The minimum absolute atomic E-state index is 0.268. The molecule has 3 N–H and O–H groups in total. The number of halogens is 3. The second-order valence-electron chi connectivity index (χ2n) is 6.88. The number of rotatable bonds is 4. The van der Waals surface area contributed by atoms with Gasteiger partial charge in [-0.05, 0) is 37.3 Å². The van der Waals surface area contributed by atoms with Crippen LogP contribution in [0.1, 0.15) is 12.5 Å². The Morgan fingerprint density at radius 2 is 1.97 bits per heavy atom. The third-order valence-corrected chi connectivity index (χ3v) is 5.83. The molecule has 0 aromatic heterocycles. The first-order valence-electron chi connectivity index (χ1n) is 9.24. The number of hydrogen-bond acceptors (Lipinski definition) is 5. The third kappa shape index (κ3) is 3.84. The van der Waals surface area contributed by atoms with Gasteiger partial charge < -0.3 is 16.0 Å². The Kier molecular flexibility index (Phi) is 5.84. The number of nitrogens with zero attached hydrogens (tertiary/aromatic N) is 3. The molecule has 30 heavy (non-hydrogen) atoms. The lowest BCUT2D eigenvalue weighted by Crippen LogP contribution is -2.36. The van der Waals surface area contributed by atoms with Crippen LogP contribution in [0.25, 0.3) is 5.70 Å². The molecule has 4 rings (SSSR count). The Bertz CT molecular complexity index is 1130. The topological polar surface area (TPSA) is 83.1 Å². The highest BCUT2D eigenvalue weighted by Crippen LogP contribution is 2.36. The Balaban J connectivity index is 1.68. The highest BCUT2D eigenvalue weighted by atomic mass is 35.5. The highest BCUT2D eigenvalue weighted by molar-refractivity contribution is 6.36. The number of aliphatic imine (C=N–C) groups is 2. The molecule has 0 saturated heterocycles. The lowest BCUT2D eigenvalue weighted by molar-refractivity contribution is -0.117. The van der Waals surface area contributed by atoms with E-state index in [0.29, 0.717) is 33.3 Å². The zero-order valence-corrected chi connectivity index (χ0v) is 18.3. The number of nitrogens with one attached hydrogen (secondary N) is 1. The fourth-order valence-corrected chi connectivity index (χ4v) is 4.17. The number of carbonyl (C=O) groups is 1. The molecule has 2 aromatic carbocycles. The summed E-state index contributed by atoms with van der Waals surface area (Å²) in [6.07, 6.45) is 0. The highest BCUT2D eigenvalue weighted by Gasteiger charge is 2.37. The summed E-state index contributed by atoms with van der Waals surface area (Å²) in [5.74, 6) is 0.179. The van der Waals surface area contributed by atoms with E-state index < -0.39 is 6.04 Å². The van der Waals surface area contributed by atoms with Crippen LogP contribution in [-0.4, -0.2) is 41.6 Å². The molecule has 0 bridgehead atoms. The predicted molar refractivity (Wildman–Crippen MR) is 124 cm³/mol. The van der Waals surface area contributed by atoms with Crippen molar-refractivity contribution >= 4 is 63.8 Å². The van der Waals surface area contributed by atoms with Crippen LogP contribution in [0.5, 0.6) is 0 Å². The normalized spacial score (nSPS) is 18.2. The molecule has 0 radical (unpaired) electrons. The summed E-state index contributed by atoms with van der Waals surface area (Å²) in [6.45, 7) is 2.44. The van der Waals surface area contributed by atoms with Crippen molar-refractivity contribution in [3.8, 4) is 0 Å². The molecule has 154 valence electrons. The Hall–Kier alpha value is -2.38. The Morgan fingerprint density at radius 1 is 1.20 bits per heavy atom. The van der Waals surface area contributed by atoms with Gasteiger partial charge in [-0.3, -0.25) is 4.79 Å². The first-order valence-corrected chi connectivity index (χ1v) is 10.4. The van der Waals surface area contributed by atoms with Crippen LogP contribution in [0.3, 0.4) is 0 Å². The average molecular weight is 463 g/mol. The number of carbonyl (C=O) groups excluding carboxylic acids is 1. The number of para-hydroxylation sites is 1. The summed E-state index contributed by atoms with van der Waals surface area (Å²) in [6, 6.07) is 11.7. The number of anilines is 1. The first-order chi connectivity index (χ1) is 14.4. The minimum atomic E-state index is -0.661. The third-order valence-electron chi connectivity index (χ3n) is 4.95. The number of amides is 1. The fourth-order valence-electron chi connectivity index (χ4n) is 3.49. The number of nitrogens with two attached hydrogens (primary N) is 1. The van der Waals surface area contributed by atoms with E-state index in [4.69, 9.17) is 40.5 Å². The van der Waals surface area contributed by atoms with Crippen molar-refractivity contribution < 1.29 is 4.79 Å². The van der Waals surface area contributed by atoms with Crippen LogP contribution in [0.15, 0.2) is 58.0 Å². The van der Waals surface area contributed by atoms with Crippen LogP contribution in [0.4, 0.5) is 5.69 Å². The van der Waals surface area contributed by atoms with Gasteiger partial charge in [0.25, 0.3) is 5.91 Å². The molecule has 2 aliphatic rings. The summed E-state index contributed by atoms with van der Waals surface area (Å²) < 4.78 is 0. The largest absolute Gasteiger partial charge is 0.326 e. The molecule has 0 aliphatic carbocycles. The SMILES string of the molecule is CC1=NC2=NC(C(=O)Nc3ccccc3Cl)CN2C(c2ccc(Cl)cc2Cl)=C1CN. The quantitative estimate of drug-likeness (QED) is 0.703. The molecule has 6 nitrogen and oxygen atoms in total. The van der Waals surface area contributed by atoms with Crippen molar-refractivity contribution in [2.24, 2.45) is 15.7 Å². The van der Waals surface area contributed by atoms with Crippen molar-refractivity contribution in [2.45, 2.75) is 13.0 Å². The van der Waals surface area contributed by atoms with Crippen LogP contribution in [0, 0.1) is 0 Å². The van der Waals surface area contributed by atoms with E-state index in [1.54, 1.807) is 36.4 Å². The lowest BCUT2D eigenvalue weighted by atomic mass is 10.00. The number of fused-ring (bicyclic) bond motifs is 1. The molecule has 9 heteroatoms. The second-order valence-corrected chi connectivity index (χ2v) is 8.13. The average Bonchev–Trinajstić information content (AvgIpc) is 3.13. The van der Waals surface area contributed by atoms with Gasteiger partial charge in [0, 0.05) is 28.4 Å². The lowest BCUT2D eigenvalue weighted by Gasteiger charge is -2.30. The maximum absolute atomic E-state index is 12.9. The van der Waals surface area contributed by atoms with Crippen LogP contribution < -0.4 is 11.1 Å². The van der Waals surface area contributed by atoms with Gasteiger partial charge in [-0.25, -0.2) is 9.98 Å². The zero-order valence-electron chi connectivity index (χ0n) is 16.0. The maximum atomic E-state index is 12.9. The minimum Gasteiger partial charge on any atom is -0.326 e. The smallest absolute Gasteiger partial charge is 0.251 e. The molecule has 0 spiro atoms. The van der Waals surface area contributed by atoms with E-state index in [0.717, 1.165) is 22.5 Å². The summed E-state index contributed by atoms with van der Waals surface area (Å²) in [5.41, 5.74) is 9.69. The van der Waals surface area contributed by atoms with Crippen LogP contribution in [0.2, 0.25) is 15.1 Å². The van der Waals surface area contributed by atoms with Gasteiger partial charge in [0.2, 0.25) is 5.96 Å². The van der Waals surface area contributed by atoms with E-state index in [2.05, 4.69) is 15.3 Å². The Morgan fingerprint density at radius 3 is 2.67 bits per heavy atom. The predicted octanol–water partition coefficient (Wildman–Crippen LogP) is 4.47. The summed E-state index contributed by atoms with van der Waals surface area (Å²) in [4.78, 5) is 23.8.